The standard InChI is InChI=1S/C30H34N4O2S/c1-6-20-7-11-23(12-8-20)37(36)34-28-17-30(4,5)33-26-14-9-21(15-25(26)28)29(35)32-22-10-13-24-18(2)19(3)31-27(24)16-22/h7-16,28,31,33-34H,6,17H2,1-5H3,(H,32,35)/t28-,37?/m0/s1. The second-order valence-electron chi connectivity index (χ2n) is 10.5. The van der Waals surface area contributed by atoms with Crippen LogP contribution in [0.5, 0.6) is 0 Å². The van der Waals surface area contributed by atoms with Crippen LogP contribution in [0.15, 0.2) is 65.6 Å². The van der Waals surface area contributed by atoms with Gasteiger partial charge in [0, 0.05) is 45.1 Å². The summed E-state index contributed by atoms with van der Waals surface area (Å²) in [6.07, 6.45) is 1.67. The third-order valence-electron chi connectivity index (χ3n) is 7.24. The zero-order valence-electron chi connectivity index (χ0n) is 22.0. The highest BCUT2D eigenvalue weighted by atomic mass is 32.2. The molecule has 0 saturated carbocycles. The van der Waals surface area contributed by atoms with Gasteiger partial charge in [-0.3, -0.25) is 4.79 Å². The maximum atomic E-state index is 13.2. The van der Waals surface area contributed by atoms with Crippen molar-refractivity contribution < 1.29 is 9.00 Å². The van der Waals surface area contributed by atoms with Gasteiger partial charge in [-0.05, 0) is 99.7 Å². The lowest BCUT2D eigenvalue weighted by Crippen LogP contribution is -2.41. The molecule has 0 radical (unpaired) electrons. The first kappa shape index (κ1) is 25.2. The van der Waals surface area contributed by atoms with Crippen molar-refractivity contribution in [2.45, 2.75) is 63.9 Å². The van der Waals surface area contributed by atoms with Crippen LogP contribution in [0.2, 0.25) is 0 Å². The van der Waals surface area contributed by atoms with Crippen molar-refractivity contribution in [3.8, 4) is 0 Å². The molecule has 0 spiro atoms. The van der Waals surface area contributed by atoms with Crippen LogP contribution in [0.4, 0.5) is 11.4 Å². The highest BCUT2D eigenvalue weighted by Crippen LogP contribution is 2.38. The number of amides is 1. The Morgan fingerprint density at radius 1 is 1.05 bits per heavy atom. The Labute approximate surface area is 220 Å². The van der Waals surface area contributed by atoms with Crippen molar-refractivity contribution in [3.05, 3.63) is 88.6 Å². The molecule has 6 nitrogen and oxygen atoms in total. The Kier molecular flexibility index (Phi) is 6.68. The van der Waals surface area contributed by atoms with Crippen LogP contribution >= 0.6 is 0 Å². The predicted molar refractivity (Wildman–Crippen MR) is 153 cm³/mol. The van der Waals surface area contributed by atoms with Gasteiger partial charge in [0.05, 0.1) is 4.90 Å². The Morgan fingerprint density at radius 3 is 2.54 bits per heavy atom. The van der Waals surface area contributed by atoms with Gasteiger partial charge in [0.15, 0.2) is 0 Å². The summed E-state index contributed by atoms with van der Waals surface area (Å²) in [5.41, 5.74) is 7.56. The number of benzene rings is 3. The summed E-state index contributed by atoms with van der Waals surface area (Å²) in [7, 11) is -1.38. The molecule has 4 aromatic rings. The molecule has 37 heavy (non-hydrogen) atoms. The molecule has 192 valence electrons. The fourth-order valence-corrected chi connectivity index (χ4v) is 6.03. The molecule has 2 atom stereocenters. The molecule has 1 aromatic heterocycles. The largest absolute Gasteiger partial charge is 0.380 e. The summed E-state index contributed by atoms with van der Waals surface area (Å²) in [4.78, 5) is 17.3. The summed E-state index contributed by atoms with van der Waals surface area (Å²) in [6, 6.07) is 19.3. The third-order valence-corrected chi connectivity index (χ3v) is 8.44. The van der Waals surface area contributed by atoms with Crippen LogP contribution in [0.1, 0.15) is 66.0 Å². The molecule has 4 N–H and O–H groups in total. The van der Waals surface area contributed by atoms with Gasteiger partial charge in [-0.1, -0.05) is 25.1 Å². The highest BCUT2D eigenvalue weighted by Gasteiger charge is 2.33. The lowest BCUT2D eigenvalue weighted by atomic mass is 9.85. The average Bonchev–Trinajstić information content (AvgIpc) is 3.15. The molecule has 2 heterocycles. The van der Waals surface area contributed by atoms with Gasteiger partial charge in [-0.25, -0.2) is 8.93 Å². The molecule has 1 amide bonds. The number of hydrogen-bond acceptors (Lipinski definition) is 3. The summed E-state index contributed by atoms with van der Waals surface area (Å²) < 4.78 is 16.5. The van der Waals surface area contributed by atoms with Crippen LogP contribution in [-0.2, 0) is 17.4 Å². The number of fused-ring (bicyclic) bond motifs is 2. The quantitative estimate of drug-likeness (QED) is 0.235. The maximum absolute atomic E-state index is 13.2. The fraction of sp³-hybridized carbons (Fsp3) is 0.300. The van der Waals surface area contributed by atoms with Gasteiger partial charge in [-0.2, -0.15) is 0 Å². The summed E-state index contributed by atoms with van der Waals surface area (Å²) in [5.74, 6) is -0.179. The van der Waals surface area contributed by atoms with Gasteiger partial charge in [-0.15, -0.1) is 0 Å². The van der Waals surface area contributed by atoms with Gasteiger partial charge >= 0.3 is 0 Å². The number of aryl methyl sites for hydroxylation is 3. The molecule has 0 fully saturated rings. The minimum atomic E-state index is -1.38. The molecule has 0 saturated heterocycles. The first-order valence-corrected chi connectivity index (χ1v) is 13.9. The lowest BCUT2D eigenvalue weighted by molar-refractivity contribution is 0.102. The number of carbonyl (C=O) groups is 1. The van der Waals surface area contributed by atoms with E-state index in [2.05, 4.69) is 48.0 Å². The van der Waals surface area contributed by atoms with Crippen molar-refractivity contribution >= 4 is 39.2 Å². The van der Waals surface area contributed by atoms with Crippen molar-refractivity contribution in [1.29, 1.82) is 0 Å². The van der Waals surface area contributed by atoms with Crippen molar-refractivity contribution in [2.75, 3.05) is 10.6 Å². The van der Waals surface area contributed by atoms with Crippen molar-refractivity contribution in [2.24, 2.45) is 0 Å². The number of aromatic nitrogens is 1. The van der Waals surface area contributed by atoms with Gasteiger partial charge in [0.1, 0.15) is 11.0 Å². The van der Waals surface area contributed by atoms with Crippen LogP contribution in [0.3, 0.4) is 0 Å². The Balaban J connectivity index is 1.39. The molecule has 1 unspecified atom stereocenters. The normalized spacial score (nSPS) is 17.2. The zero-order valence-corrected chi connectivity index (χ0v) is 22.8. The van der Waals surface area contributed by atoms with Crippen molar-refractivity contribution in [3.63, 3.8) is 0 Å². The molecule has 3 aromatic carbocycles. The number of carbonyl (C=O) groups excluding carboxylic acids is 1. The van der Waals surface area contributed by atoms with E-state index in [4.69, 9.17) is 0 Å². The van der Waals surface area contributed by atoms with Gasteiger partial charge in [0.2, 0.25) is 0 Å². The van der Waals surface area contributed by atoms with E-state index >= 15 is 0 Å². The molecule has 1 aliphatic heterocycles. The van der Waals surface area contributed by atoms with E-state index in [-0.39, 0.29) is 17.5 Å². The summed E-state index contributed by atoms with van der Waals surface area (Å²) >= 11 is 0. The van der Waals surface area contributed by atoms with E-state index in [1.165, 1.54) is 11.1 Å². The van der Waals surface area contributed by atoms with Gasteiger partial charge in [0.25, 0.3) is 5.91 Å². The first-order valence-electron chi connectivity index (χ1n) is 12.7. The molecular weight excluding hydrogens is 480 g/mol. The molecular formula is C30H34N4O2S. The smallest absolute Gasteiger partial charge is 0.255 e. The zero-order chi connectivity index (χ0) is 26.3. The second kappa shape index (κ2) is 9.80. The van der Waals surface area contributed by atoms with Crippen LogP contribution in [0.25, 0.3) is 10.9 Å². The van der Waals surface area contributed by atoms with Crippen LogP contribution in [0, 0.1) is 13.8 Å². The van der Waals surface area contributed by atoms with E-state index in [9.17, 15) is 9.00 Å². The van der Waals surface area contributed by atoms with Crippen LogP contribution in [-0.4, -0.2) is 20.6 Å². The minimum absolute atomic E-state index is 0.174. The van der Waals surface area contributed by atoms with Crippen molar-refractivity contribution in [1.82, 2.24) is 9.71 Å². The molecule has 7 heteroatoms. The fourth-order valence-electron chi connectivity index (χ4n) is 5.05. The van der Waals surface area contributed by atoms with E-state index in [0.717, 1.165) is 51.3 Å². The third kappa shape index (κ3) is 5.20. The Morgan fingerprint density at radius 2 is 1.81 bits per heavy atom. The Bertz CT molecular complexity index is 1500. The van der Waals surface area contributed by atoms with E-state index < -0.39 is 11.0 Å². The first-order chi connectivity index (χ1) is 17.6. The summed E-state index contributed by atoms with van der Waals surface area (Å²) in [5, 5.41) is 7.75. The monoisotopic (exact) mass is 514 g/mol. The Hall–Kier alpha value is -3.42. The number of aromatic amines is 1. The topological polar surface area (TPSA) is 86.0 Å². The lowest BCUT2D eigenvalue weighted by Gasteiger charge is -2.39. The number of hydrogen-bond donors (Lipinski definition) is 4. The van der Waals surface area contributed by atoms with Crippen LogP contribution < -0.4 is 15.4 Å². The minimum Gasteiger partial charge on any atom is -0.380 e. The van der Waals surface area contributed by atoms with E-state index in [1.807, 2.05) is 67.6 Å². The number of rotatable bonds is 6. The van der Waals surface area contributed by atoms with E-state index in [1.54, 1.807) is 0 Å². The maximum Gasteiger partial charge on any atom is 0.255 e. The van der Waals surface area contributed by atoms with Gasteiger partial charge < -0.3 is 15.6 Å². The number of anilines is 2. The number of H-pyrrole nitrogens is 1. The molecule has 5 rings (SSSR count). The average molecular weight is 515 g/mol. The molecule has 1 aliphatic rings. The van der Waals surface area contributed by atoms with E-state index in [0.29, 0.717) is 5.56 Å². The predicted octanol–water partition coefficient (Wildman–Crippen LogP) is 6.55. The molecule has 0 bridgehead atoms. The highest BCUT2D eigenvalue weighted by molar-refractivity contribution is 7.83. The number of nitrogens with one attached hydrogen (secondary N) is 4. The molecule has 0 aliphatic carbocycles. The second-order valence-corrected chi connectivity index (χ2v) is 11.8. The summed E-state index contributed by atoms with van der Waals surface area (Å²) in [6.45, 7) is 10.5. The SMILES string of the molecule is CCc1ccc(S(=O)N[C@H]2CC(C)(C)Nc3ccc(C(=O)Nc4ccc5c(C)c(C)[nH]c5c4)cc32)cc1.